The molecule has 1 aromatic heterocycles. The van der Waals surface area contributed by atoms with E-state index in [0.717, 1.165) is 17.1 Å². The topological polar surface area (TPSA) is 70.5 Å². The molecule has 0 unspecified atom stereocenters. The number of amides is 1. The molecule has 0 spiro atoms. The van der Waals surface area contributed by atoms with Gasteiger partial charge in [0.15, 0.2) is 0 Å². The zero-order chi connectivity index (χ0) is 14.7. The van der Waals surface area contributed by atoms with Crippen molar-refractivity contribution in [2.24, 2.45) is 0 Å². The minimum absolute atomic E-state index is 0.0962. The van der Waals surface area contributed by atoms with Gasteiger partial charge in [-0.3, -0.25) is 4.79 Å². The molecule has 1 N–H and O–H groups in total. The van der Waals surface area contributed by atoms with E-state index in [1.54, 1.807) is 14.0 Å². The third-order valence-corrected chi connectivity index (χ3v) is 3.95. The van der Waals surface area contributed by atoms with Gasteiger partial charge in [-0.1, -0.05) is 30.3 Å². The molecule has 0 aliphatic rings. The zero-order valence-corrected chi connectivity index (χ0v) is 12.0. The summed E-state index contributed by atoms with van der Waals surface area (Å²) in [6, 6.07) is 9.33. The van der Waals surface area contributed by atoms with E-state index in [1.807, 2.05) is 30.3 Å². The minimum Gasteiger partial charge on any atom is -0.478 e. The number of hydrogen-bond acceptors (Lipinski definition) is 4. The van der Waals surface area contributed by atoms with Crippen molar-refractivity contribution in [1.82, 2.24) is 4.37 Å². The number of anilines is 1. The van der Waals surface area contributed by atoms with E-state index >= 15 is 0 Å². The monoisotopic (exact) mass is 290 g/mol. The fourth-order valence-corrected chi connectivity index (χ4v) is 2.70. The summed E-state index contributed by atoms with van der Waals surface area (Å²) in [4.78, 5) is 24.8. The number of carboxylic acid groups (broad SMARTS) is 1. The maximum absolute atomic E-state index is 12.2. The SMILES string of the molecule is Cc1nsc(N(C)C(=O)Cc2ccccc2)c1C(=O)O. The molecule has 0 fully saturated rings. The Labute approximate surface area is 120 Å². The number of aromatic carboxylic acids is 1. The number of aromatic nitrogens is 1. The van der Waals surface area contributed by atoms with Gasteiger partial charge in [-0.15, -0.1) is 0 Å². The van der Waals surface area contributed by atoms with Gasteiger partial charge in [-0.25, -0.2) is 4.79 Å². The molecule has 2 rings (SSSR count). The predicted molar refractivity (Wildman–Crippen MR) is 77.4 cm³/mol. The van der Waals surface area contributed by atoms with Crippen LogP contribution in [-0.2, 0) is 11.2 Å². The highest BCUT2D eigenvalue weighted by atomic mass is 32.1. The van der Waals surface area contributed by atoms with Crippen LogP contribution in [0.15, 0.2) is 30.3 Å². The number of carbonyl (C=O) groups excluding carboxylic acids is 1. The van der Waals surface area contributed by atoms with Gasteiger partial charge in [-0.2, -0.15) is 4.37 Å². The summed E-state index contributed by atoms with van der Waals surface area (Å²) in [5, 5.41) is 9.56. The third kappa shape index (κ3) is 2.85. The number of hydrogen-bond donors (Lipinski definition) is 1. The molecule has 0 aliphatic heterocycles. The van der Waals surface area contributed by atoms with Crippen LogP contribution in [-0.4, -0.2) is 28.4 Å². The summed E-state index contributed by atoms with van der Waals surface area (Å²) in [6.07, 6.45) is 0.230. The summed E-state index contributed by atoms with van der Waals surface area (Å²) >= 11 is 1.03. The highest BCUT2D eigenvalue weighted by Crippen LogP contribution is 2.28. The Morgan fingerprint density at radius 2 is 1.95 bits per heavy atom. The van der Waals surface area contributed by atoms with Crippen LogP contribution in [0, 0.1) is 6.92 Å². The van der Waals surface area contributed by atoms with Crippen LogP contribution in [0.1, 0.15) is 21.6 Å². The van der Waals surface area contributed by atoms with E-state index in [9.17, 15) is 14.7 Å². The molecular weight excluding hydrogens is 276 g/mol. The quantitative estimate of drug-likeness (QED) is 0.938. The third-order valence-electron chi connectivity index (χ3n) is 2.94. The summed E-state index contributed by atoms with van der Waals surface area (Å²) < 4.78 is 4.02. The number of benzene rings is 1. The molecule has 0 saturated heterocycles. The van der Waals surface area contributed by atoms with Gasteiger partial charge < -0.3 is 10.0 Å². The molecule has 1 aromatic carbocycles. The number of likely N-dealkylation sites (N-methyl/N-ethyl adjacent to an activating group) is 1. The Morgan fingerprint density at radius 1 is 1.30 bits per heavy atom. The summed E-state index contributed by atoms with van der Waals surface area (Å²) in [6.45, 7) is 1.62. The fraction of sp³-hybridized carbons (Fsp3) is 0.214. The lowest BCUT2D eigenvalue weighted by atomic mass is 10.1. The van der Waals surface area contributed by atoms with Gasteiger partial charge in [-0.05, 0) is 24.0 Å². The minimum atomic E-state index is -1.06. The molecule has 0 bridgehead atoms. The second-order valence-corrected chi connectivity index (χ2v) is 5.12. The van der Waals surface area contributed by atoms with Crippen molar-refractivity contribution in [2.45, 2.75) is 13.3 Å². The largest absolute Gasteiger partial charge is 0.478 e. The summed E-state index contributed by atoms with van der Waals surface area (Å²) in [7, 11) is 1.57. The first-order valence-corrected chi connectivity index (χ1v) is 6.78. The molecule has 104 valence electrons. The lowest BCUT2D eigenvalue weighted by molar-refractivity contribution is -0.117. The van der Waals surface area contributed by atoms with E-state index in [-0.39, 0.29) is 17.9 Å². The van der Waals surface area contributed by atoms with Crippen LogP contribution in [0.2, 0.25) is 0 Å². The molecule has 5 nitrogen and oxygen atoms in total. The lowest BCUT2D eigenvalue weighted by Gasteiger charge is -2.15. The second-order valence-electron chi connectivity index (χ2n) is 4.37. The van der Waals surface area contributed by atoms with Crippen molar-refractivity contribution in [2.75, 3.05) is 11.9 Å². The normalized spacial score (nSPS) is 10.3. The van der Waals surface area contributed by atoms with Crippen LogP contribution in [0.5, 0.6) is 0 Å². The molecule has 0 radical (unpaired) electrons. The van der Waals surface area contributed by atoms with E-state index in [1.165, 1.54) is 4.90 Å². The van der Waals surface area contributed by atoms with E-state index < -0.39 is 5.97 Å². The molecule has 20 heavy (non-hydrogen) atoms. The summed E-state index contributed by atoms with van der Waals surface area (Å²) in [5.41, 5.74) is 1.42. The van der Waals surface area contributed by atoms with Crippen LogP contribution in [0.25, 0.3) is 0 Å². The Hall–Kier alpha value is -2.21. The molecule has 0 aliphatic carbocycles. The molecule has 6 heteroatoms. The van der Waals surface area contributed by atoms with E-state index in [0.29, 0.717) is 10.7 Å². The van der Waals surface area contributed by atoms with E-state index in [4.69, 9.17) is 0 Å². The van der Waals surface area contributed by atoms with E-state index in [2.05, 4.69) is 4.37 Å². The number of rotatable bonds is 4. The zero-order valence-electron chi connectivity index (χ0n) is 11.2. The van der Waals surface area contributed by atoms with Crippen molar-refractivity contribution >= 4 is 28.4 Å². The molecular formula is C14H14N2O3S. The fourth-order valence-electron chi connectivity index (χ4n) is 1.84. The van der Waals surface area contributed by atoms with Gasteiger partial charge in [0.05, 0.1) is 12.1 Å². The first kappa shape index (κ1) is 14.2. The first-order chi connectivity index (χ1) is 9.50. The van der Waals surface area contributed by atoms with Crippen molar-refractivity contribution in [1.29, 1.82) is 0 Å². The average Bonchev–Trinajstić information content (AvgIpc) is 2.81. The second kappa shape index (κ2) is 5.83. The van der Waals surface area contributed by atoms with Gasteiger partial charge in [0.1, 0.15) is 10.6 Å². The molecule has 1 amide bonds. The van der Waals surface area contributed by atoms with Crippen molar-refractivity contribution < 1.29 is 14.7 Å². The predicted octanol–water partition coefficient (Wildman–Crippen LogP) is 2.36. The van der Waals surface area contributed by atoms with Gasteiger partial charge in [0.2, 0.25) is 5.91 Å². The maximum Gasteiger partial charge on any atom is 0.340 e. The molecule has 0 saturated carbocycles. The highest BCUT2D eigenvalue weighted by molar-refractivity contribution is 7.11. The Morgan fingerprint density at radius 3 is 2.55 bits per heavy atom. The number of carboxylic acids is 1. The molecule has 2 aromatic rings. The molecule has 0 atom stereocenters. The summed E-state index contributed by atoms with van der Waals surface area (Å²) in [5.74, 6) is -1.23. The van der Waals surface area contributed by atoms with Crippen molar-refractivity contribution in [3.05, 3.63) is 47.2 Å². The van der Waals surface area contributed by atoms with Gasteiger partial charge >= 0.3 is 5.97 Å². The Balaban J connectivity index is 2.21. The number of nitrogens with zero attached hydrogens (tertiary/aromatic N) is 2. The average molecular weight is 290 g/mol. The van der Waals surface area contributed by atoms with Crippen LogP contribution >= 0.6 is 11.5 Å². The molecule has 1 heterocycles. The van der Waals surface area contributed by atoms with Gasteiger partial charge in [0.25, 0.3) is 0 Å². The first-order valence-electron chi connectivity index (χ1n) is 6.00. The van der Waals surface area contributed by atoms with Crippen LogP contribution in [0.3, 0.4) is 0 Å². The highest BCUT2D eigenvalue weighted by Gasteiger charge is 2.23. The Kier molecular flexibility index (Phi) is 4.14. The number of carbonyl (C=O) groups is 2. The standard InChI is InChI=1S/C14H14N2O3S/c1-9-12(14(18)19)13(20-15-9)16(2)11(17)8-10-6-4-3-5-7-10/h3-7H,8H2,1-2H3,(H,18,19). The Bertz CT molecular complexity index is 637. The van der Waals surface area contributed by atoms with Crippen molar-refractivity contribution in [3.63, 3.8) is 0 Å². The van der Waals surface area contributed by atoms with Crippen LogP contribution in [0.4, 0.5) is 5.00 Å². The lowest BCUT2D eigenvalue weighted by Crippen LogP contribution is -2.28. The number of aryl methyl sites for hydroxylation is 1. The van der Waals surface area contributed by atoms with Crippen molar-refractivity contribution in [3.8, 4) is 0 Å². The maximum atomic E-state index is 12.2. The van der Waals surface area contributed by atoms with Crippen LogP contribution < -0.4 is 4.90 Å². The smallest absolute Gasteiger partial charge is 0.340 e. The van der Waals surface area contributed by atoms with Gasteiger partial charge in [0, 0.05) is 7.05 Å².